The molecule has 6 heteroatoms. The zero-order valence-corrected chi connectivity index (χ0v) is 13.1. The summed E-state index contributed by atoms with van der Waals surface area (Å²) in [6.45, 7) is 2.56. The topological polar surface area (TPSA) is 76.2 Å². The molecule has 21 heavy (non-hydrogen) atoms. The average molecular weight is 291 g/mol. The van der Waals surface area contributed by atoms with Gasteiger partial charge in [-0.2, -0.15) is 5.10 Å². The molecule has 0 saturated carbocycles. The van der Waals surface area contributed by atoms with E-state index in [0.29, 0.717) is 35.1 Å². The molecule has 2 fully saturated rings. The Bertz CT molecular complexity index is 539. The maximum atomic E-state index is 12.3. The van der Waals surface area contributed by atoms with Crippen LogP contribution in [0.5, 0.6) is 0 Å². The smallest absolute Gasteiger partial charge is 0.271 e. The first kappa shape index (κ1) is 14.4. The van der Waals surface area contributed by atoms with Gasteiger partial charge in [-0.1, -0.05) is 0 Å². The lowest BCUT2D eigenvalue weighted by molar-refractivity contribution is 0.0909. The van der Waals surface area contributed by atoms with Gasteiger partial charge in [0.2, 0.25) is 0 Å². The molecule has 0 spiro atoms. The maximum absolute atomic E-state index is 12.3. The fraction of sp³-hybridized carbons (Fsp3) is 0.733. The average Bonchev–Trinajstić information content (AvgIpc) is 2.81. The highest BCUT2D eigenvalue weighted by atomic mass is 16.2. The van der Waals surface area contributed by atoms with Crippen LogP contribution in [-0.4, -0.2) is 46.3 Å². The number of piperidine rings is 1. The Morgan fingerprint density at radius 1 is 1.33 bits per heavy atom. The zero-order chi connectivity index (χ0) is 15.1. The van der Waals surface area contributed by atoms with Crippen molar-refractivity contribution in [2.45, 2.75) is 44.7 Å². The number of fused-ring (bicyclic) bond motifs is 2. The molecule has 3 rings (SSSR count). The number of nitrogens with two attached hydrogens (primary N) is 1. The molecular formula is C15H25N5O. The van der Waals surface area contributed by atoms with E-state index in [2.05, 4.69) is 22.4 Å². The number of amides is 1. The van der Waals surface area contributed by atoms with E-state index in [9.17, 15) is 4.79 Å². The Morgan fingerprint density at radius 2 is 1.95 bits per heavy atom. The summed E-state index contributed by atoms with van der Waals surface area (Å²) in [4.78, 5) is 14.8. The highest BCUT2D eigenvalue weighted by Crippen LogP contribution is 2.37. The number of hydrogen-bond donors (Lipinski definition) is 2. The number of anilines is 1. The predicted molar refractivity (Wildman–Crippen MR) is 82.0 cm³/mol. The zero-order valence-electron chi connectivity index (χ0n) is 13.1. The van der Waals surface area contributed by atoms with Gasteiger partial charge in [-0.25, -0.2) is 0 Å². The molecule has 0 radical (unpaired) electrons. The van der Waals surface area contributed by atoms with Gasteiger partial charge in [-0.15, -0.1) is 0 Å². The van der Waals surface area contributed by atoms with Gasteiger partial charge in [0, 0.05) is 25.7 Å². The van der Waals surface area contributed by atoms with Gasteiger partial charge in [0.05, 0.1) is 11.4 Å². The normalized spacial score (nSPS) is 28.8. The molecule has 116 valence electrons. The SMILES string of the molecule is Cc1nn(C)c(C(=O)NCC2CC3CCC(C2)N3C)c1N. The van der Waals surface area contributed by atoms with Crippen molar-refractivity contribution in [1.82, 2.24) is 20.0 Å². The lowest BCUT2D eigenvalue weighted by Gasteiger charge is -2.36. The maximum Gasteiger partial charge on any atom is 0.271 e. The van der Waals surface area contributed by atoms with Crippen molar-refractivity contribution in [3.63, 3.8) is 0 Å². The minimum absolute atomic E-state index is 0.109. The number of aryl methyl sites for hydroxylation is 2. The quantitative estimate of drug-likeness (QED) is 0.868. The Hall–Kier alpha value is -1.56. The molecule has 1 aromatic heterocycles. The molecule has 2 unspecified atom stereocenters. The molecule has 2 bridgehead atoms. The molecule has 1 aromatic rings. The first-order chi connectivity index (χ1) is 9.97. The Balaban J connectivity index is 1.59. The monoisotopic (exact) mass is 291 g/mol. The minimum atomic E-state index is -0.109. The second-order valence-corrected chi connectivity index (χ2v) is 6.57. The van der Waals surface area contributed by atoms with Crippen molar-refractivity contribution < 1.29 is 4.79 Å². The van der Waals surface area contributed by atoms with Crippen LogP contribution in [0.3, 0.4) is 0 Å². The molecule has 6 nitrogen and oxygen atoms in total. The molecule has 3 N–H and O–H groups in total. The van der Waals surface area contributed by atoms with Crippen LogP contribution in [0.4, 0.5) is 5.69 Å². The minimum Gasteiger partial charge on any atom is -0.395 e. The van der Waals surface area contributed by atoms with Crippen LogP contribution < -0.4 is 11.1 Å². The van der Waals surface area contributed by atoms with Gasteiger partial charge in [-0.05, 0) is 45.6 Å². The molecule has 1 amide bonds. The van der Waals surface area contributed by atoms with E-state index < -0.39 is 0 Å². The van der Waals surface area contributed by atoms with Crippen molar-refractivity contribution in [2.75, 3.05) is 19.3 Å². The summed E-state index contributed by atoms with van der Waals surface area (Å²) < 4.78 is 1.57. The van der Waals surface area contributed by atoms with Crippen LogP contribution in [0.25, 0.3) is 0 Å². The Kier molecular flexibility index (Phi) is 3.65. The van der Waals surface area contributed by atoms with Crippen LogP contribution in [0.15, 0.2) is 0 Å². The first-order valence-corrected chi connectivity index (χ1v) is 7.76. The van der Waals surface area contributed by atoms with Crippen molar-refractivity contribution >= 4 is 11.6 Å². The highest BCUT2D eigenvalue weighted by molar-refractivity contribution is 5.97. The number of carbonyl (C=O) groups is 1. The standard InChI is InChI=1S/C15H25N5O/c1-9-13(16)14(20(3)18-9)15(21)17-8-10-6-11-4-5-12(7-10)19(11)2/h10-12H,4-8,16H2,1-3H3,(H,17,21). The second-order valence-electron chi connectivity index (χ2n) is 6.57. The van der Waals surface area contributed by atoms with Gasteiger partial charge in [-0.3, -0.25) is 9.48 Å². The number of aromatic nitrogens is 2. The molecule has 2 aliphatic rings. The highest BCUT2D eigenvalue weighted by Gasteiger charge is 2.38. The van der Waals surface area contributed by atoms with Crippen LogP contribution in [0, 0.1) is 12.8 Å². The second kappa shape index (κ2) is 5.33. The summed E-state index contributed by atoms with van der Waals surface area (Å²) >= 11 is 0. The molecule has 3 heterocycles. The van der Waals surface area contributed by atoms with Crippen molar-refractivity contribution in [3.8, 4) is 0 Å². The van der Waals surface area contributed by atoms with Crippen molar-refractivity contribution in [2.24, 2.45) is 13.0 Å². The third-order valence-corrected chi connectivity index (χ3v) is 5.23. The third kappa shape index (κ3) is 2.52. The lowest BCUT2D eigenvalue weighted by Crippen LogP contribution is -2.43. The van der Waals surface area contributed by atoms with Crippen LogP contribution in [0.1, 0.15) is 41.9 Å². The van der Waals surface area contributed by atoms with Crippen LogP contribution in [-0.2, 0) is 7.05 Å². The van der Waals surface area contributed by atoms with E-state index in [1.54, 1.807) is 11.7 Å². The van der Waals surface area contributed by atoms with Gasteiger partial charge in [0.25, 0.3) is 5.91 Å². The summed E-state index contributed by atoms with van der Waals surface area (Å²) in [5, 5.41) is 7.24. The summed E-state index contributed by atoms with van der Waals surface area (Å²) in [6.07, 6.45) is 4.99. The van der Waals surface area contributed by atoms with Gasteiger partial charge in [0.15, 0.2) is 0 Å². The number of nitrogens with one attached hydrogen (secondary N) is 1. The summed E-state index contributed by atoms with van der Waals surface area (Å²) in [5.74, 6) is 0.472. The molecule has 2 saturated heterocycles. The van der Waals surface area contributed by atoms with Crippen LogP contribution >= 0.6 is 0 Å². The number of nitrogen functional groups attached to an aromatic ring is 1. The molecular weight excluding hydrogens is 266 g/mol. The number of nitrogens with zero attached hydrogens (tertiary/aromatic N) is 3. The van der Waals surface area contributed by atoms with E-state index in [1.807, 2.05) is 6.92 Å². The fourth-order valence-electron chi connectivity index (χ4n) is 3.96. The van der Waals surface area contributed by atoms with E-state index >= 15 is 0 Å². The number of carbonyl (C=O) groups excluding carboxylic acids is 1. The third-order valence-electron chi connectivity index (χ3n) is 5.23. The Morgan fingerprint density at radius 3 is 2.48 bits per heavy atom. The van der Waals surface area contributed by atoms with E-state index in [-0.39, 0.29) is 5.91 Å². The number of rotatable bonds is 3. The molecule has 0 aliphatic carbocycles. The first-order valence-electron chi connectivity index (χ1n) is 7.76. The van der Waals surface area contributed by atoms with Crippen molar-refractivity contribution in [1.29, 1.82) is 0 Å². The van der Waals surface area contributed by atoms with Gasteiger partial charge >= 0.3 is 0 Å². The van der Waals surface area contributed by atoms with E-state index in [4.69, 9.17) is 5.73 Å². The summed E-state index contributed by atoms with van der Waals surface area (Å²) in [7, 11) is 3.99. The predicted octanol–water partition coefficient (Wildman–Crippen LogP) is 0.913. The molecule has 2 aliphatic heterocycles. The molecule has 0 aromatic carbocycles. The van der Waals surface area contributed by atoms with Gasteiger partial charge in [0.1, 0.15) is 5.69 Å². The Labute approximate surface area is 125 Å². The van der Waals surface area contributed by atoms with E-state index in [1.165, 1.54) is 25.7 Å². The largest absolute Gasteiger partial charge is 0.395 e. The van der Waals surface area contributed by atoms with Crippen LogP contribution in [0.2, 0.25) is 0 Å². The van der Waals surface area contributed by atoms with Gasteiger partial charge < -0.3 is 16.0 Å². The fourth-order valence-corrected chi connectivity index (χ4v) is 3.96. The number of hydrogen-bond acceptors (Lipinski definition) is 4. The summed E-state index contributed by atoms with van der Waals surface area (Å²) in [5.41, 5.74) is 7.60. The van der Waals surface area contributed by atoms with Crippen molar-refractivity contribution in [3.05, 3.63) is 11.4 Å². The molecule has 2 atom stereocenters. The van der Waals surface area contributed by atoms with E-state index in [0.717, 1.165) is 6.54 Å². The lowest BCUT2D eigenvalue weighted by atomic mass is 9.91. The summed E-state index contributed by atoms with van der Waals surface area (Å²) in [6, 6.07) is 1.41.